The van der Waals surface area contributed by atoms with E-state index in [1.165, 1.54) is 0 Å². The van der Waals surface area contributed by atoms with Crippen LogP contribution in [0.25, 0.3) is 33.7 Å². The Hall–Kier alpha value is -4.27. The Morgan fingerprint density at radius 3 is 2.48 bits per heavy atom. The second-order valence-electron chi connectivity index (χ2n) is 12.8. The van der Waals surface area contributed by atoms with E-state index in [4.69, 9.17) is 19.0 Å². The van der Waals surface area contributed by atoms with Crippen LogP contribution in [0.3, 0.4) is 0 Å². The largest absolute Gasteiger partial charge is 0.444 e. The second-order valence-corrected chi connectivity index (χ2v) is 12.8. The second kappa shape index (κ2) is 12.2. The van der Waals surface area contributed by atoms with E-state index in [9.17, 15) is 18.0 Å². The minimum Gasteiger partial charge on any atom is -0.444 e. The van der Waals surface area contributed by atoms with E-state index < -0.39 is 29.7 Å². The fraction of sp³-hybridized carbons (Fsp3) is 0.548. The summed E-state index contributed by atoms with van der Waals surface area (Å²) in [7, 11) is 0. The first-order valence-electron chi connectivity index (χ1n) is 15.4. The van der Waals surface area contributed by atoms with Gasteiger partial charge in [-0.1, -0.05) is 5.16 Å². The van der Waals surface area contributed by atoms with Crippen molar-refractivity contribution in [1.29, 1.82) is 0 Å². The number of ether oxygens (including phenoxy) is 2. The van der Waals surface area contributed by atoms with Crippen LogP contribution in [0.2, 0.25) is 0 Å². The molecule has 2 fully saturated rings. The van der Waals surface area contributed by atoms with Crippen LogP contribution in [0.1, 0.15) is 82.5 Å². The van der Waals surface area contributed by atoms with Crippen LogP contribution in [0, 0.1) is 13.8 Å². The number of nitrogens with zero attached hydrogens (tertiary/aromatic N) is 6. The molecule has 2 aliphatic rings. The molecule has 0 bridgehead atoms. The number of aromatic nitrogens is 6. The number of anilines is 1. The van der Waals surface area contributed by atoms with E-state index >= 15 is 0 Å². The third-order valence-electron chi connectivity index (χ3n) is 8.12. The summed E-state index contributed by atoms with van der Waals surface area (Å²) in [6, 6.07) is 2.77. The summed E-state index contributed by atoms with van der Waals surface area (Å²) in [5.41, 5.74) is 0.183. The zero-order valence-electron chi connectivity index (χ0n) is 26.4. The zero-order chi connectivity index (χ0) is 32.8. The van der Waals surface area contributed by atoms with Crippen molar-refractivity contribution < 1.29 is 32.0 Å². The quantitative estimate of drug-likeness (QED) is 0.232. The summed E-state index contributed by atoms with van der Waals surface area (Å²) >= 11 is 0. The van der Waals surface area contributed by atoms with Crippen molar-refractivity contribution in [3.63, 3.8) is 0 Å². The molecule has 1 aliphatic heterocycles. The normalized spacial score (nSPS) is 20.7. The average Bonchev–Trinajstić information content (AvgIpc) is 3.68. The summed E-state index contributed by atoms with van der Waals surface area (Å²) in [5.74, 6) is 0.560. The lowest BCUT2D eigenvalue weighted by molar-refractivity contribution is -0.137. The summed E-state index contributed by atoms with van der Waals surface area (Å²) in [4.78, 5) is 25.7. The van der Waals surface area contributed by atoms with Crippen molar-refractivity contribution in [3.8, 4) is 22.6 Å². The number of rotatable bonds is 6. The zero-order valence-corrected chi connectivity index (χ0v) is 26.4. The van der Waals surface area contributed by atoms with Gasteiger partial charge >= 0.3 is 12.3 Å². The number of halogens is 3. The molecule has 15 heteroatoms. The van der Waals surface area contributed by atoms with Gasteiger partial charge < -0.3 is 24.6 Å². The lowest BCUT2D eigenvalue weighted by atomic mass is 10.1. The molecule has 0 aromatic carbocycles. The Balaban J connectivity index is 1.41. The molecule has 0 spiro atoms. The van der Waals surface area contributed by atoms with Gasteiger partial charge in [0.1, 0.15) is 28.3 Å². The first-order valence-corrected chi connectivity index (χ1v) is 15.4. The number of nitrogens with one attached hydrogen (secondary N) is 2. The molecule has 46 heavy (non-hydrogen) atoms. The van der Waals surface area contributed by atoms with Crippen LogP contribution >= 0.6 is 0 Å². The molecule has 1 aliphatic carbocycles. The minimum atomic E-state index is -4.76. The maximum Gasteiger partial charge on any atom is 0.420 e. The lowest BCUT2D eigenvalue weighted by Gasteiger charge is -2.25. The standard InChI is InChI=1S/C31H37F3N8O4/c1-16-24(17(2)46-41-16)22-13-12-18-25(40-42(27(18)36-22)23-11-6-7-14-44-23)26-19(31(32,33)34)15-35-28(39-26)37-20-9-8-10-21(20)38-29(43)45-30(3,4)5/h12-13,15,20-21,23H,6-11,14H2,1-5H3,(H,38,43)(H,35,37,39)/t20-,21-,23?/m0/s1. The summed E-state index contributed by atoms with van der Waals surface area (Å²) in [5, 5.41) is 15.1. The molecule has 4 aromatic rings. The Morgan fingerprint density at radius 1 is 1.02 bits per heavy atom. The van der Waals surface area contributed by atoms with Gasteiger partial charge in [0, 0.05) is 24.2 Å². The van der Waals surface area contributed by atoms with Gasteiger partial charge in [0.05, 0.1) is 23.0 Å². The number of aryl methyl sites for hydroxylation is 2. The number of hydrogen-bond acceptors (Lipinski definition) is 10. The number of carbonyl (C=O) groups is 1. The van der Waals surface area contributed by atoms with Crippen molar-refractivity contribution in [2.45, 2.75) is 103 Å². The molecule has 2 N–H and O–H groups in total. The van der Waals surface area contributed by atoms with E-state index in [0.29, 0.717) is 59.6 Å². The monoisotopic (exact) mass is 642 g/mol. The molecule has 246 valence electrons. The van der Waals surface area contributed by atoms with Gasteiger partial charge in [-0.15, -0.1) is 0 Å². The summed E-state index contributed by atoms with van der Waals surface area (Å²) in [6.07, 6.45) is -0.566. The van der Waals surface area contributed by atoms with E-state index in [1.807, 2.05) is 0 Å². The third kappa shape index (κ3) is 6.50. The van der Waals surface area contributed by atoms with E-state index in [1.54, 1.807) is 51.4 Å². The maximum atomic E-state index is 14.5. The Bertz CT molecular complexity index is 1720. The predicted octanol–water partition coefficient (Wildman–Crippen LogP) is 6.74. The number of hydrogen-bond donors (Lipinski definition) is 2. The van der Waals surface area contributed by atoms with Gasteiger partial charge in [-0.25, -0.2) is 24.4 Å². The molecule has 3 atom stereocenters. The lowest BCUT2D eigenvalue weighted by Crippen LogP contribution is -2.45. The molecule has 0 radical (unpaired) electrons. The first kappa shape index (κ1) is 31.7. The molecular weight excluding hydrogens is 605 g/mol. The summed E-state index contributed by atoms with van der Waals surface area (Å²) in [6.45, 7) is 9.39. The molecular formula is C31H37F3N8O4. The highest BCUT2D eigenvalue weighted by atomic mass is 19.4. The van der Waals surface area contributed by atoms with Gasteiger partial charge in [0.2, 0.25) is 5.95 Å². The van der Waals surface area contributed by atoms with E-state index in [-0.39, 0.29) is 29.4 Å². The van der Waals surface area contributed by atoms with E-state index in [0.717, 1.165) is 25.5 Å². The number of amides is 1. The molecule has 6 rings (SSSR count). The number of fused-ring (bicyclic) bond motifs is 1. The van der Waals surface area contributed by atoms with Gasteiger partial charge in [-0.3, -0.25) is 0 Å². The number of carbonyl (C=O) groups excluding carboxylic acids is 1. The van der Waals surface area contributed by atoms with Crippen molar-refractivity contribution in [2.75, 3.05) is 11.9 Å². The van der Waals surface area contributed by atoms with Gasteiger partial charge in [-0.2, -0.15) is 18.3 Å². The number of alkyl halides is 3. The molecule has 1 saturated carbocycles. The maximum absolute atomic E-state index is 14.5. The minimum absolute atomic E-state index is 0.00890. The fourth-order valence-electron chi connectivity index (χ4n) is 6.07. The molecule has 4 aromatic heterocycles. The van der Waals surface area contributed by atoms with E-state index in [2.05, 4.69) is 30.9 Å². The van der Waals surface area contributed by atoms with Crippen molar-refractivity contribution >= 4 is 23.1 Å². The van der Waals surface area contributed by atoms with Crippen LogP contribution in [0.4, 0.5) is 23.9 Å². The Kier molecular flexibility index (Phi) is 8.38. The average molecular weight is 643 g/mol. The van der Waals surface area contributed by atoms with Gasteiger partial charge in [0.25, 0.3) is 0 Å². The molecule has 1 saturated heterocycles. The van der Waals surface area contributed by atoms with Crippen LogP contribution in [-0.4, -0.2) is 60.3 Å². The van der Waals surface area contributed by atoms with Crippen LogP contribution in [-0.2, 0) is 15.7 Å². The molecule has 5 heterocycles. The number of pyridine rings is 1. The van der Waals surface area contributed by atoms with Gasteiger partial charge in [-0.05, 0) is 85.3 Å². The molecule has 12 nitrogen and oxygen atoms in total. The molecule has 1 amide bonds. The van der Waals surface area contributed by atoms with Gasteiger partial charge in [0.15, 0.2) is 11.9 Å². The highest BCUT2D eigenvalue weighted by molar-refractivity contribution is 5.92. The first-order chi connectivity index (χ1) is 21.8. The van der Waals surface area contributed by atoms with Crippen molar-refractivity contribution in [1.82, 2.24) is 35.2 Å². The van der Waals surface area contributed by atoms with Crippen LogP contribution < -0.4 is 10.6 Å². The number of alkyl carbamates (subject to hydrolysis) is 1. The fourth-order valence-corrected chi connectivity index (χ4v) is 6.07. The van der Waals surface area contributed by atoms with Crippen molar-refractivity contribution in [3.05, 3.63) is 35.3 Å². The van der Waals surface area contributed by atoms with Crippen molar-refractivity contribution in [2.24, 2.45) is 0 Å². The predicted molar refractivity (Wildman–Crippen MR) is 162 cm³/mol. The smallest absolute Gasteiger partial charge is 0.420 e. The highest BCUT2D eigenvalue weighted by Crippen LogP contribution is 2.40. The summed E-state index contributed by atoms with van der Waals surface area (Å²) < 4.78 is 61.7. The molecule has 1 unspecified atom stereocenters. The Labute approximate surface area is 263 Å². The SMILES string of the molecule is Cc1noc(C)c1-c1ccc2c(-c3nc(N[C@H]4CCC[C@@H]4NC(=O)OC(C)(C)C)ncc3C(F)(F)F)nn(C3CCCCO3)c2n1. The highest BCUT2D eigenvalue weighted by Gasteiger charge is 2.38. The Morgan fingerprint density at radius 2 is 1.80 bits per heavy atom. The third-order valence-corrected chi connectivity index (χ3v) is 8.12. The van der Waals surface area contributed by atoms with Crippen LogP contribution in [0.15, 0.2) is 22.9 Å². The topological polar surface area (TPSA) is 142 Å². The van der Waals surface area contributed by atoms with Crippen LogP contribution in [0.5, 0.6) is 0 Å².